The second-order valence-electron chi connectivity index (χ2n) is 8.03. The summed E-state index contributed by atoms with van der Waals surface area (Å²) >= 11 is 0. The highest BCUT2D eigenvalue weighted by Gasteiger charge is 2.51. The summed E-state index contributed by atoms with van der Waals surface area (Å²) in [4.78, 5) is 5.37. The van der Waals surface area contributed by atoms with Crippen LogP contribution in [-0.2, 0) is 0 Å². The fraction of sp³-hybridized carbons (Fsp3) is 1.00. The van der Waals surface area contributed by atoms with E-state index < -0.39 is 0 Å². The van der Waals surface area contributed by atoms with Crippen molar-refractivity contribution in [3.8, 4) is 0 Å². The molecule has 1 saturated carbocycles. The van der Waals surface area contributed by atoms with Crippen LogP contribution in [0.3, 0.4) is 0 Å². The van der Waals surface area contributed by atoms with E-state index in [2.05, 4.69) is 44.4 Å². The molecule has 0 aromatic carbocycles. The van der Waals surface area contributed by atoms with Gasteiger partial charge < -0.3 is 5.73 Å². The highest BCUT2D eigenvalue weighted by Crippen LogP contribution is 2.50. The number of nitrogens with zero attached hydrogens (tertiary/aromatic N) is 2. The van der Waals surface area contributed by atoms with Crippen LogP contribution in [0.5, 0.6) is 0 Å². The first-order valence-corrected chi connectivity index (χ1v) is 8.54. The van der Waals surface area contributed by atoms with Gasteiger partial charge in [0.1, 0.15) is 0 Å². The van der Waals surface area contributed by atoms with Crippen molar-refractivity contribution in [2.75, 3.05) is 32.7 Å². The smallest absolute Gasteiger partial charge is 0.0363 e. The highest BCUT2D eigenvalue weighted by atomic mass is 15.3. The van der Waals surface area contributed by atoms with Crippen LogP contribution in [0.2, 0.25) is 0 Å². The van der Waals surface area contributed by atoms with Crippen molar-refractivity contribution < 1.29 is 0 Å². The maximum Gasteiger partial charge on any atom is 0.0363 e. The molecule has 2 aliphatic rings. The summed E-state index contributed by atoms with van der Waals surface area (Å²) in [6.07, 6.45) is 3.84. The van der Waals surface area contributed by atoms with E-state index in [4.69, 9.17) is 5.73 Å². The molecular formula is C17H35N3. The zero-order valence-electron chi connectivity index (χ0n) is 14.3. The molecule has 2 N–H and O–H groups in total. The second-order valence-corrected chi connectivity index (χ2v) is 8.03. The van der Waals surface area contributed by atoms with Gasteiger partial charge in [-0.05, 0) is 37.5 Å². The molecule has 118 valence electrons. The lowest BCUT2D eigenvalue weighted by Crippen LogP contribution is -2.62. The van der Waals surface area contributed by atoms with Gasteiger partial charge in [0.05, 0.1) is 0 Å². The molecule has 3 heteroatoms. The summed E-state index contributed by atoms with van der Waals surface area (Å²) in [5, 5.41) is 0. The van der Waals surface area contributed by atoms with Crippen molar-refractivity contribution >= 4 is 0 Å². The fourth-order valence-corrected chi connectivity index (χ4v) is 4.79. The van der Waals surface area contributed by atoms with Crippen molar-refractivity contribution in [3.05, 3.63) is 0 Å². The molecule has 0 aromatic rings. The predicted molar refractivity (Wildman–Crippen MR) is 86.9 cm³/mol. The monoisotopic (exact) mass is 281 g/mol. The molecule has 3 atom stereocenters. The quantitative estimate of drug-likeness (QED) is 0.859. The first kappa shape index (κ1) is 16.3. The number of hydrogen-bond donors (Lipinski definition) is 1. The van der Waals surface area contributed by atoms with E-state index >= 15 is 0 Å². The van der Waals surface area contributed by atoms with E-state index in [-0.39, 0.29) is 5.54 Å². The molecule has 2 rings (SSSR count). The molecule has 0 spiro atoms. The van der Waals surface area contributed by atoms with Gasteiger partial charge in [-0.3, -0.25) is 9.80 Å². The lowest BCUT2D eigenvalue weighted by molar-refractivity contribution is 0.00278. The topological polar surface area (TPSA) is 32.5 Å². The summed E-state index contributed by atoms with van der Waals surface area (Å²) in [6, 6.07) is 0.725. The van der Waals surface area contributed by atoms with Crippen molar-refractivity contribution in [2.45, 2.75) is 65.5 Å². The van der Waals surface area contributed by atoms with Crippen LogP contribution in [-0.4, -0.2) is 54.1 Å². The molecule has 1 aliphatic carbocycles. The molecule has 0 bridgehead atoms. The average molecular weight is 281 g/mol. The van der Waals surface area contributed by atoms with E-state index in [1.54, 1.807) is 0 Å². The Kier molecular flexibility index (Phi) is 4.83. The maximum absolute atomic E-state index is 6.28. The first-order valence-electron chi connectivity index (χ1n) is 8.54. The molecule has 2 fully saturated rings. The number of piperazine rings is 1. The van der Waals surface area contributed by atoms with Crippen LogP contribution < -0.4 is 5.73 Å². The van der Waals surface area contributed by atoms with Crippen LogP contribution in [0.1, 0.15) is 53.9 Å². The van der Waals surface area contributed by atoms with E-state index in [9.17, 15) is 0 Å². The minimum absolute atomic E-state index is 0.255. The van der Waals surface area contributed by atoms with Crippen LogP contribution in [0.15, 0.2) is 0 Å². The van der Waals surface area contributed by atoms with Crippen molar-refractivity contribution in [3.63, 3.8) is 0 Å². The molecule has 3 nitrogen and oxygen atoms in total. The molecule has 0 amide bonds. The molecule has 1 saturated heterocycles. The Morgan fingerprint density at radius 2 is 1.80 bits per heavy atom. The van der Waals surface area contributed by atoms with Gasteiger partial charge in [0.15, 0.2) is 0 Å². The molecule has 1 aliphatic heterocycles. The Morgan fingerprint density at radius 1 is 1.20 bits per heavy atom. The van der Waals surface area contributed by atoms with E-state index in [1.807, 2.05) is 0 Å². The van der Waals surface area contributed by atoms with E-state index in [0.717, 1.165) is 18.5 Å². The van der Waals surface area contributed by atoms with Crippen LogP contribution in [0.25, 0.3) is 0 Å². The summed E-state index contributed by atoms with van der Waals surface area (Å²) in [5.74, 6) is 0.720. The SMILES string of the molecule is CCC(C)N1CCN(C2(CN)CC(C)(C)CC2C)CC1. The standard InChI is InChI=1S/C17H35N3/c1-6-15(3)19-7-9-20(10-8-19)17(13-18)12-16(4,5)11-14(17)2/h14-15H,6-13,18H2,1-5H3. The Hall–Kier alpha value is -0.120. The van der Waals surface area contributed by atoms with Gasteiger partial charge in [-0.2, -0.15) is 0 Å². The summed E-state index contributed by atoms with van der Waals surface area (Å²) < 4.78 is 0. The second kappa shape index (κ2) is 5.94. The van der Waals surface area contributed by atoms with Gasteiger partial charge in [0.25, 0.3) is 0 Å². The highest BCUT2D eigenvalue weighted by molar-refractivity contribution is 5.07. The Morgan fingerprint density at radius 3 is 2.20 bits per heavy atom. The third-order valence-corrected chi connectivity index (χ3v) is 6.07. The van der Waals surface area contributed by atoms with Gasteiger partial charge in [-0.1, -0.05) is 27.7 Å². The summed E-state index contributed by atoms with van der Waals surface area (Å²) in [5.41, 5.74) is 6.98. The van der Waals surface area contributed by atoms with Crippen molar-refractivity contribution in [1.82, 2.24) is 9.80 Å². The largest absolute Gasteiger partial charge is 0.329 e. The van der Waals surface area contributed by atoms with Crippen LogP contribution in [0.4, 0.5) is 0 Å². The molecule has 0 radical (unpaired) electrons. The van der Waals surface area contributed by atoms with E-state index in [1.165, 1.54) is 45.4 Å². The zero-order valence-corrected chi connectivity index (χ0v) is 14.3. The minimum atomic E-state index is 0.255. The lowest BCUT2D eigenvalue weighted by atomic mass is 9.84. The first-order chi connectivity index (χ1) is 9.34. The lowest BCUT2D eigenvalue weighted by Gasteiger charge is -2.49. The fourth-order valence-electron chi connectivity index (χ4n) is 4.79. The summed E-state index contributed by atoms with van der Waals surface area (Å²) in [7, 11) is 0. The molecule has 3 unspecified atom stereocenters. The maximum atomic E-state index is 6.28. The third kappa shape index (κ3) is 2.90. The predicted octanol–water partition coefficient (Wildman–Crippen LogP) is 2.56. The van der Waals surface area contributed by atoms with Crippen LogP contribution in [0, 0.1) is 11.3 Å². The van der Waals surface area contributed by atoms with Crippen molar-refractivity contribution in [2.24, 2.45) is 17.1 Å². The van der Waals surface area contributed by atoms with Crippen LogP contribution >= 0.6 is 0 Å². The normalized spacial score (nSPS) is 37.2. The molecule has 20 heavy (non-hydrogen) atoms. The molecule has 1 heterocycles. The van der Waals surface area contributed by atoms with Gasteiger partial charge in [0.2, 0.25) is 0 Å². The number of nitrogens with two attached hydrogens (primary N) is 1. The van der Waals surface area contributed by atoms with Gasteiger partial charge in [-0.25, -0.2) is 0 Å². The number of hydrogen-bond acceptors (Lipinski definition) is 3. The minimum Gasteiger partial charge on any atom is -0.329 e. The number of rotatable bonds is 4. The Labute approximate surface area is 125 Å². The summed E-state index contributed by atoms with van der Waals surface area (Å²) in [6.45, 7) is 17.5. The van der Waals surface area contributed by atoms with Gasteiger partial charge in [0, 0.05) is 44.3 Å². The van der Waals surface area contributed by atoms with Crippen molar-refractivity contribution in [1.29, 1.82) is 0 Å². The zero-order chi connectivity index (χ0) is 15.0. The molecular weight excluding hydrogens is 246 g/mol. The Balaban J connectivity index is 2.04. The van der Waals surface area contributed by atoms with Gasteiger partial charge >= 0.3 is 0 Å². The van der Waals surface area contributed by atoms with Gasteiger partial charge in [-0.15, -0.1) is 0 Å². The Bertz CT molecular complexity index is 320. The average Bonchev–Trinajstić information content (AvgIpc) is 2.68. The third-order valence-electron chi connectivity index (χ3n) is 6.07. The molecule has 0 aromatic heterocycles. The van der Waals surface area contributed by atoms with E-state index in [0.29, 0.717) is 5.41 Å².